The third kappa shape index (κ3) is 2.98. The van der Waals surface area contributed by atoms with Crippen LogP contribution >= 0.6 is 0 Å². The van der Waals surface area contributed by atoms with Crippen LogP contribution < -0.4 is 4.74 Å². The van der Waals surface area contributed by atoms with Crippen molar-refractivity contribution in [3.8, 4) is 11.4 Å². The van der Waals surface area contributed by atoms with Crippen molar-refractivity contribution in [2.75, 3.05) is 7.11 Å². The number of hydrogen-bond acceptors (Lipinski definition) is 4. The summed E-state index contributed by atoms with van der Waals surface area (Å²) in [6.45, 7) is -2.88. The van der Waals surface area contributed by atoms with E-state index < -0.39 is 12.6 Å². The number of carbonyl (C=O) groups excluding carboxylic acids is 1. The van der Waals surface area contributed by atoms with Crippen LogP contribution in [0.4, 0.5) is 8.78 Å². The van der Waals surface area contributed by atoms with E-state index >= 15 is 0 Å². The molecule has 5 nitrogen and oxygen atoms in total. The molecule has 0 N–H and O–H groups in total. The molecule has 0 bridgehead atoms. The molecule has 3 rings (SSSR count). The monoisotopic (exact) mass is 318 g/mol. The zero-order valence-corrected chi connectivity index (χ0v) is 12.1. The van der Waals surface area contributed by atoms with Crippen molar-refractivity contribution < 1.29 is 23.0 Å². The highest BCUT2D eigenvalue weighted by Crippen LogP contribution is 2.23. The molecule has 2 heterocycles. The van der Waals surface area contributed by atoms with Crippen LogP contribution in [0.15, 0.2) is 48.8 Å². The first kappa shape index (κ1) is 15.0. The van der Waals surface area contributed by atoms with Crippen LogP contribution in [0.25, 0.3) is 16.7 Å². The van der Waals surface area contributed by atoms with Crippen molar-refractivity contribution in [1.29, 1.82) is 0 Å². The van der Waals surface area contributed by atoms with E-state index in [1.165, 1.54) is 25.4 Å². The summed E-state index contributed by atoms with van der Waals surface area (Å²) >= 11 is 0. The summed E-state index contributed by atoms with van der Waals surface area (Å²) in [5.41, 5.74) is 1.55. The summed E-state index contributed by atoms with van der Waals surface area (Å²) in [7, 11) is 1.30. The predicted octanol–water partition coefficient (Wildman–Crippen LogP) is 3.41. The van der Waals surface area contributed by atoms with Gasteiger partial charge in [0.2, 0.25) is 0 Å². The number of methoxy groups -OCH3 is 1. The Morgan fingerprint density at radius 1 is 1.26 bits per heavy atom. The molecule has 0 atom stereocenters. The Morgan fingerprint density at radius 2 is 2.09 bits per heavy atom. The quantitative estimate of drug-likeness (QED) is 0.692. The van der Waals surface area contributed by atoms with Gasteiger partial charge < -0.3 is 14.0 Å². The number of esters is 1. The maximum atomic E-state index is 12.3. The Kier molecular flexibility index (Phi) is 3.92. The van der Waals surface area contributed by atoms with Gasteiger partial charge in [-0.15, -0.1) is 0 Å². The molecular formula is C16H12F2N2O3. The molecular weight excluding hydrogens is 306 g/mol. The van der Waals surface area contributed by atoms with Gasteiger partial charge in [-0.3, -0.25) is 0 Å². The summed E-state index contributed by atoms with van der Waals surface area (Å²) in [5, 5.41) is 0.730. The lowest BCUT2D eigenvalue weighted by Gasteiger charge is -2.08. The molecule has 0 saturated carbocycles. The molecule has 0 aliphatic heterocycles. The number of pyridine rings is 1. The van der Waals surface area contributed by atoms with Gasteiger partial charge >= 0.3 is 12.6 Å². The van der Waals surface area contributed by atoms with E-state index in [1.54, 1.807) is 35.0 Å². The minimum Gasteiger partial charge on any atom is -0.465 e. The topological polar surface area (TPSA) is 53.3 Å². The van der Waals surface area contributed by atoms with E-state index in [1.807, 2.05) is 0 Å². The van der Waals surface area contributed by atoms with Crippen molar-refractivity contribution in [1.82, 2.24) is 9.55 Å². The Bertz CT molecular complexity index is 861. The molecule has 0 fully saturated rings. The third-order valence-corrected chi connectivity index (χ3v) is 3.27. The van der Waals surface area contributed by atoms with E-state index in [0.717, 1.165) is 5.39 Å². The van der Waals surface area contributed by atoms with E-state index in [0.29, 0.717) is 16.9 Å². The van der Waals surface area contributed by atoms with Crippen LogP contribution in [0.3, 0.4) is 0 Å². The highest BCUT2D eigenvalue weighted by atomic mass is 19.3. The number of nitrogens with zero attached hydrogens (tertiary/aromatic N) is 2. The minimum absolute atomic E-state index is 0.0607. The average molecular weight is 318 g/mol. The smallest absolute Gasteiger partial charge is 0.387 e. The van der Waals surface area contributed by atoms with Gasteiger partial charge in [0.25, 0.3) is 0 Å². The van der Waals surface area contributed by atoms with E-state index in [9.17, 15) is 13.6 Å². The SMILES string of the molecule is COC(=O)c1cnc2c(ccn2-c2cccc(OC(F)F)c2)c1. The Hall–Kier alpha value is -2.96. The van der Waals surface area contributed by atoms with E-state index in [2.05, 4.69) is 14.5 Å². The molecule has 7 heteroatoms. The highest BCUT2D eigenvalue weighted by Gasteiger charge is 2.11. The van der Waals surface area contributed by atoms with Crippen molar-refractivity contribution in [2.24, 2.45) is 0 Å². The van der Waals surface area contributed by atoms with Crippen LogP contribution in [0.5, 0.6) is 5.75 Å². The molecule has 0 spiro atoms. The van der Waals surface area contributed by atoms with Crippen molar-refractivity contribution in [3.63, 3.8) is 0 Å². The fourth-order valence-electron chi connectivity index (χ4n) is 2.27. The van der Waals surface area contributed by atoms with Gasteiger partial charge in [0.1, 0.15) is 11.4 Å². The maximum absolute atomic E-state index is 12.3. The second-order valence-corrected chi connectivity index (χ2v) is 4.69. The van der Waals surface area contributed by atoms with Gasteiger partial charge in [-0.1, -0.05) is 6.07 Å². The zero-order valence-electron chi connectivity index (χ0n) is 12.1. The number of alkyl halides is 2. The van der Waals surface area contributed by atoms with Gasteiger partial charge in [-0.05, 0) is 24.3 Å². The molecule has 0 amide bonds. The molecule has 1 aromatic carbocycles. The summed E-state index contributed by atoms with van der Waals surface area (Å²) in [4.78, 5) is 15.8. The number of fused-ring (bicyclic) bond motifs is 1. The molecule has 0 unspecified atom stereocenters. The highest BCUT2D eigenvalue weighted by molar-refractivity contribution is 5.93. The summed E-state index contributed by atoms with van der Waals surface area (Å²) in [5.74, 6) is -0.412. The lowest BCUT2D eigenvalue weighted by Crippen LogP contribution is -2.03. The van der Waals surface area contributed by atoms with Gasteiger partial charge in [0.05, 0.1) is 18.4 Å². The maximum Gasteiger partial charge on any atom is 0.387 e. The van der Waals surface area contributed by atoms with Gasteiger partial charge in [0, 0.05) is 23.8 Å². The number of halogens is 2. The normalized spacial score (nSPS) is 11.0. The van der Waals surface area contributed by atoms with Gasteiger partial charge in [-0.2, -0.15) is 8.78 Å². The molecule has 3 aromatic rings. The molecule has 2 aromatic heterocycles. The first-order chi connectivity index (χ1) is 11.1. The van der Waals surface area contributed by atoms with E-state index in [-0.39, 0.29) is 5.75 Å². The number of hydrogen-bond donors (Lipinski definition) is 0. The standard InChI is InChI=1S/C16H12F2N2O3/c1-22-15(21)11-7-10-5-6-20(14(10)19-9-11)12-3-2-4-13(8-12)23-16(17)18/h2-9,16H,1H3. The van der Waals surface area contributed by atoms with Crippen molar-refractivity contribution in [3.05, 3.63) is 54.4 Å². The summed E-state index contributed by atoms with van der Waals surface area (Å²) in [6.07, 6.45) is 3.14. The van der Waals surface area contributed by atoms with Crippen LogP contribution in [0.2, 0.25) is 0 Å². The van der Waals surface area contributed by atoms with E-state index in [4.69, 9.17) is 0 Å². The van der Waals surface area contributed by atoms with Crippen molar-refractivity contribution in [2.45, 2.75) is 6.61 Å². The number of benzene rings is 1. The number of aromatic nitrogens is 2. The predicted molar refractivity (Wildman–Crippen MR) is 79.0 cm³/mol. The molecule has 0 aliphatic rings. The molecule has 23 heavy (non-hydrogen) atoms. The minimum atomic E-state index is -2.88. The first-order valence-electron chi connectivity index (χ1n) is 6.69. The summed E-state index contributed by atoms with van der Waals surface area (Å²) in [6, 6.07) is 9.72. The van der Waals surface area contributed by atoms with Gasteiger partial charge in [0.15, 0.2) is 0 Å². The van der Waals surface area contributed by atoms with Crippen LogP contribution in [-0.2, 0) is 4.74 Å². The largest absolute Gasteiger partial charge is 0.465 e. The Morgan fingerprint density at radius 3 is 2.83 bits per heavy atom. The lowest BCUT2D eigenvalue weighted by molar-refractivity contribution is -0.0498. The Balaban J connectivity index is 2.02. The molecule has 0 radical (unpaired) electrons. The van der Waals surface area contributed by atoms with Crippen LogP contribution in [0.1, 0.15) is 10.4 Å². The third-order valence-electron chi connectivity index (χ3n) is 3.27. The van der Waals surface area contributed by atoms with Gasteiger partial charge in [-0.25, -0.2) is 9.78 Å². The first-order valence-corrected chi connectivity index (χ1v) is 6.69. The fourth-order valence-corrected chi connectivity index (χ4v) is 2.27. The molecule has 0 saturated heterocycles. The second kappa shape index (κ2) is 6.04. The number of rotatable bonds is 4. The molecule has 0 aliphatic carbocycles. The van der Waals surface area contributed by atoms with Crippen LogP contribution in [0, 0.1) is 0 Å². The average Bonchev–Trinajstić information content (AvgIpc) is 2.96. The van der Waals surface area contributed by atoms with Crippen LogP contribution in [-0.4, -0.2) is 29.2 Å². The number of ether oxygens (including phenoxy) is 2. The fraction of sp³-hybridized carbons (Fsp3) is 0.125. The molecule has 118 valence electrons. The Labute approximate surface area is 130 Å². The summed E-state index contributed by atoms with van der Waals surface area (Å²) < 4.78 is 35.4. The lowest BCUT2D eigenvalue weighted by atomic mass is 10.2. The van der Waals surface area contributed by atoms with Crippen molar-refractivity contribution >= 4 is 17.0 Å². The number of carbonyl (C=O) groups is 1. The second-order valence-electron chi connectivity index (χ2n) is 4.69. The zero-order chi connectivity index (χ0) is 16.4.